The lowest BCUT2D eigenvalue weighted by molar-refractivity contribution is -0.113. The number of anilines is 1. The summed E-state index contributed by atoms with van der Waals surface area (Å²) in [6, 6.07) is 4.95. The number of aryl methyl sites for hydroxylation is 2. The molecule has 0 saturated heterocycles. The maximum absolute atomic E-state index is 12.2. The van der Waals surface area contributed by atoms with Gasteiger partial charge in [-0.2, -0.15) is 0 Å². The summed E-state index contributed by atoms with van der Waals surface area (Å²) in [6.45, 7) is 3.82. The van der Waals surface area contributed by atoms with Gasteiger partial charge in [-0.05, 0) is 32.0 Å². The van der Waals surface area contributed by atoms with E-state index in [1.54, 1.807) is 4.40 Å². The van der Waals surface area contributed by atoms with E-state index in [2.05, 4.69) is 20.5 Å². The van der Waals surface area contributed by atoms with Gasteiger partial charge in [0, 0.05) is 16.4 Å². The molecule has 1 aromatic carbocycles. The maximum Gasteiger partial charge on any atom is 0.256 e. The van der Waals surface area contributed by atoms with Crippen molar-refractivity contribution in [1.29, 1.82) is 0 Å². The first-order valence-electron chi connectivity index (χ1n) is 7.11. The van der Waals surface area contributed by atoms with Crippen LogP contribution in [-0.4, -0.2) is 31.2 Å². The molecule has 6 nitrogen and oxygen atoms in total. The number of fused-ring (bicyclic) bond motifs is 1. The van der Waals surface area contributed by atoms with E-state index in [9.17, 15) is 4.79 Å². The summed E-state index contributed by atoms with van der Waals surface area (Å²) in [6.07, 6.45) is 0. The summed E-state index contributed by atoms with van der Waals surface area (Å²) in [7, 11) is 0. The topological polar surface area (TPSA) is 72.2 Å². The second-order valence-electron chi connectivity index (χ2n) is 5.24. The van der Waals surface area contributed by atoms with Gasteiger partial charge in [-0.1, -0.05) is 46.6 Å². The third-order valence-electron chi connectivity index (χ3n) is 3.27. The minimum Gasteiger partial charge on any atom is -0.323 e. The summed E-state index contributed by atoms with van der Waals surface area (Å²) in [5.41, 5.74) is 2.14. The monoisotopic (exact) mass is 415 g/mol. The largest absolute Gasteiger partial charge is 0.323 e. The molecule has 0 bridgehead atoms. The molecule has 0 radical (unpaired) electrons. The normalized spacial score (nSPS) is 11.1. The van der Waals surface area contributed by atoms with E-state index in [0.717, 1.165) is 11.4 Å². The van der Waals surface area contributed by atoms with Crippen molar-refractivity contribution in [3.05, 3.63) is 44.7 Å². The van der Waals surface area contributed by atoms with Crippen molar-refractivity contribution < 1.29 is 4.79 Å². The Morgan fingerprint density at radius 1 is 1.16 bits per heavy atom. The molecule has 2 aromatic heterocycles. The van der Waals surface area contributed by atoms with Crippen LogP contribution in [0.15, 0.2) is 23.4 Å². The Morgan fingerprint density at radius 3 is 2.52 bits per heavy atom. The zero-order valence-electron chi connectivity index (χ0n) is 13.2. The Kier molecular flexibility index (Phi) is 5.38. The van der Waals surface area contributed by atoms with Gasteiger partial charge in [0.15, 0.2) is 5.16 Å². The summed E-state index contributed by atoms with van der Waals surface area (Å²) >= 11 is 19.2. The molecule has 130 valence electrons. The second kappa shape index (κ2) is 7.37. The quantitative estimate of drug-likeness (QED) is 0.637. The van der Waals surface area contributed by atoms with Gasteiger partial charge in [0.25, 0.3) is 5.78 Å². The van der Waals surface area contributed by atoms with Crippen LogP contribution in [-0.2, 0) is 4.79 Å². The highest BCUT2D eigenvalue weighted by atomic mass is 35.5. The number of carbonyl (C=O) groups excluding carboxylic acids is 1. The van der Waals surface area contributed by atoms with Crippen molar-refractivity contribution in [1.82, 2.24) is 19.6 Å². The molecule has 1 N–H and O–H groups in total. The van der Waals surface area contributed by atoms with E-state index in [0.29, 0.717) is 21.6 Å². The van der Waals surface area contributed by atoms with Gasteiger partial charge in [0.05, 0.1) is 21.5 Å². The smallest absolute Gasteiger partial charge is 0.256 e. The van der Waals surface area contributed by atoms with Crippen molar-refractivity contribution in [2.75, 3.05) is 11.1 Å². The highest BCUT2D eigenvalue weighted by Crippen LogP contribution is 2.33. The van der Waals surface area contributed by atoms with Crippen LogP contribution in [0, 0.1) is 13.8 Å². The van der Waals surface area contributed by atoms with Crippen LogP contribution in [0.25, 0.3) is 5.78 Å². The van der Waals surface area contributed by atoms with Crippen LogP contribution in [0.4, 0.5) is 5.69 Å². The van der Waals surface area contributed by atoms with Crippen molar-refractivity contribution >= 4 is 63.9 Å². The van der Waals surface area contributed by atoms with Crippen LogP contribution in [0.5, 0.6) is 0 Å². The lowest BCUT2D eigenvalue weighted by Gasteiger charge is -2.09. The molecule has 0 atom stereocenters. The fraction of sp³-hybridized carbons (Fsp3) is 0.200. The first kappa shape index (κ1) is 18.3. The van der Waals surface area contributed by atoms with Crippen molar-refractivity contribution in [2.24, 2.45) is 0 Å². The third-order valence-corrected chi connectivity index (χ3v) is 5.01. The average Bonchev–Trinajstić information content (AvgIpc) is 2.92. The zero-order chi connectivity index (χ0) is 18.1. The first-order valence-corrected chi connectivity index (χ1v) is 9.23. The number of halogens is 3. The van der Waals surface area contributed by atoms with Gasteiger partial charge < -0.3 is 5.32 Å². The number of rotatable bonds is 4. The lowest BCUT2D eigenvalue weighted by atomic mass is 10.3. The Balaban J connectivity index is 1.73. The minimum absolute atomic E-state index is 0.114. The maximum atomic E-state index is 12.2. The van der Waals surface area contributed by atoms with Crippen molar-refractivity contribution in [3.8, 4) is 0 Å². The molecule has 0 aliphatic rings. The van der Waals surface area contributed by atoms with E-state index in [1.165, 1.54) is 23.9 Å². The SMILES string of the molecule is Cc1cc(C)n2c(SCC(=O)Nc3c(Cl)cc(Cl)cc3Cl)nnc2n1. The molecule has 0 spiro atoms. The summed E-state index contributed by atoms with van der Waals surface area (Å²) in [5.74, 6) is 0.346. The number of hydrogen-bond donors (Lipinski definition) is 1. The Labute approximate surface area is 162 Å². The van der Waals surface area contributed by atoms with Crippen LogP contribution in [0.2, 0.25) is 15.1 Å². The molecule has 0 aliphatic carbocycles. The lowest BCUT2D eigenvalue weighted by Crippen LogP contribution is -2.15. The Morgan fingerprint density at radius 2 is 1.84 bits per heavy atom. The molecule has 1 amide bonds. The van der Waals surface area contributed by atoms with E-state index in [1.807, 2.05) is 19.9 Å². The van der Waals surface area contributed by atoms with Gasteiger partial charge in [0.2, 0.25) is 5.91 Å². The van der Waals surface area contributed by atoms with E-state index < -0.39 is 0 Å². The number of hydrogen-bond acceptors (Lipinski definition) is 5. The number of amides is 1. The molecule has 0 aliphatic heterocycles. The number of carbonyl (C=O) groups is 1. The fourth-order valence-corrected chi connectivity index (χ4v) is 3.96. The molecular weight excluding hydrogens is 405 g/mol. The predicted molar refractivity (Wildman–Crippen MR) is 101 cm³/mol. The van der Waals surface area contributed by atoms with Crippen LogP contribution in [0.1, 0.15) is 11.4 Å². The van der Waals surface area contributed by atoms with Crippen LogP contribution in [0.3, 0.4) is 0 Å². The van der Waals surface area contributed by atoms with Gasteiger partial charge in [-0.3, -0.25) is 9.20 Å². The van der Waals surface area contributed by atoms with Crippen LogP contribution < -0.4 is 5.32 Å². The molecule has 2 heterocycles. The van der Waals surface area contributed by atoms with Gasteiger partial charge in [-0.25, -0.2) is 4.98 Å². The van der Waals surface area contributed by atoms with Crippen LogP contribution >= 0.6 is 46.6 Å². The summed E-state index contributed by atoms with van der Waals surface area (Å²) < 4.78 is 1.80. The Hall–Kier alpha value is -1.54. The third kappa shape index (κ3) is 4.00. The Bertz CT molecular complexity index is 952. The predicted octanol–water partition coefficient (Wildman–Crippen LogP) is 4.43. The summed E-state index contributed by atoms with van der Waals surface area (Å²) in [4.78, 5) is 16.5. The number of nitrogens with zero attached hydrogens (tertiary/aromatic N) is 4. The number of thioether (sulfide) groups is 1. The van der Waals surface area contributed by atoms with E-state index in [4.69, 9.17) is 34.8 Å². The highest BCUT2D eigenvalue weighted by molar-refractivity contribution is 7.99. The number of benzene rings is 1. The number of aromatic nitrogens is 4. The fourth-order valence-electron chi connectivity index (χ4n) is 2.26. The average molecular weight is 417 g/mol. The summed E-state index contributed by atoms with van der Waals surface area (Å²) in [5, 5.41) is 12.3. The standard InChI is InChI=1S/C15H12Cl3N5OS/c1-7-3-8(2)23-14(19-7)21-22-15(23)25-6-12(24)20-13-10(17)4-9(16)5-11(13)18/h3-5H,6H2,1-2H3,(H,20,24). The molecule has 25 heavy (non-hydrogen) atoms. The van der Waals surface area contributed by atoms with Crippen molar-refractivity contribution in [2.45, 2.75) is 19.0 Å². The molecule has 10 heteroatoms. The van der Waals surface area contributed by atoms with Gasteiger partial charge in [0.1, 0.15) is 0 Å². The molecule has 0 saturated carbocycles. The molecular formula is C15H12Cl3N5OS. The van der Waals surface area contributed by atoms with E-state index in [-0.39, 0.29) is 21.7 Å². The van der Waals surface area contributed by atoms with E-state index >= 15 is 0 Å². The molecule has 3 rings (SSSR count). The molecule has 0 fully saturated rings. The second-order valence-corrected chi connectivity index (χ2v) is 7.43. The minimum atomic E-state index is -0.273. The molecule has 3 aromatic rings. The first-order chi connectivity index (χ1) is 11.8. The van der Waals surface area contributed by atoms with Gasteiger partial charge >= 0.3 is 0 Å². The van der Waals surface area contributed by atoms with Crippen molar-refractivity contribution in [3.63, 3.8) is 0 Å². The number of nitrogens with one attached hydrogen (secondary N) is 1. The molecule has 0 unspecified atom stereocenters. The zero-order valence-corrected chi connectivity index (χ0v) is 16.3. The van der Waals surface area contributed by atoms with Gasteiger partial charge in [-0.15, -0.1) is 10.2 Å². The highest BCUT2D eigenvalue weighted by Gasteiger charge is 2.15.